The van der Waals surface area contributed by atoms with Gasteiger partial charge < -0.3 is 10.1 Å². The van der Waals surface area contributed by atoms with Crippen LogP contribution in [0.2, 0.25) is 0 Å². The number of aryl methyl sites for hydroxylation is 1. The molecule has 1 N–H and O–H groups in total. The zero-order chi connectivity index (χ0) is 19.7. The van der Waals surface area contributed by atoms with Gasteiger partial charge in [-0.15, -0.1) is 0 Å². The molecular formula is C24H33NO2. The van der Waals surface area contributed by atoms with Gasteiger partial charge >= 0.3 is 0 Å². The first kappa shape index (κ1) is 21.0. The summed E-state index contributed by atoms with van der Waals surface area (Å²) in [5.74, 6) is 0.883. The van der Waals surface area contributed by atoms with E-state index in [1.54, 1.807) is 0 Å². The Labute approximate surface area is 164 Å². The van der Waals surface area contributed by atoms with Crippen LogP contribution in [0, 0.1) is 0 Å². The molecule has 0 saturated carbocycles. The van der Waals surface area contributed by atoms with Crippen LogP contribution >= 0.6 is 0 Å². The van der Waals surface area contributed by atoms with Crippen LogP contribution in [0.1, 0.15) is 64.5 Å². The van der Waals surface area contributed by atoms with Crippen molar-refractivity contribution in [3.8, 4) is 5.75 Å². The third-order valence-corrected chi connectivity index (χ3v) is 4.59. The maximum atomic E-state index is 12.1. The van der Waals surface area contributed by atoms with E-state index in [1.807, 2.05) is 24.3 Å². The van der Waals surface area contributed by atoms with Crippen LogP contribution < -0.4 is 10.1 Å². The van der Waals surface area contributed by atoms with Crippen LogP contribution in [-0.4, -0.2) is 12.5 Å². The van der Waals surface area contributed by atoms with Crippen molar-refractivity contribution >= 4 is 11.6 Å². The molecule has 0 unspecified atom stereocenters. The summed E-state index contributed by atoms with van der Waals surface area (Å²) >= 11 is 0. The number of nitrogens with one attached hydrogen (secondary N) is 1. The molecule has 2 rings (SSSR count). The average Bonchev–Trinajstić information content (AvgIpc) is 2.64. The molecule has 146 valence electrons. The molecule has 2 aromatic rings. The maximum Gasteiger partial charge on any atom is 0.224 e. The number of carbonyl (C=O) groups is 1. The standard InChI is InChI=1S/C24H33NO2/c1-5-6-8-19-10-14-21(15-11-19)25-23(26)9-7-18-27-22-16-12-20(13-17-22)24(2,3)4/h10-17H,5-9,18H2,1-4H3,(H,25,26). The summed E-state index contributed by atoms with van der Waals surface area (Å²) < 4.78 is 5.75. The summed E-state index contributed by atoms with van der Waals surface area (Å²) in [7, 11) is 0. The lowest BCUT2D eigenvalue weighted by molar-refractivity contribution is -0.116. The lowest BCUT2D eigenvalue weighted by Gasteiger charge is -2.19. The third-order valence-electron chi connectivity index (χ3n) is 4.59. The van der Waals surface area contributed by atoms with E-state index >= 15 is 0 Å². The lowest BCUT2D eigenvalue weighted by atomic mass is 9.87. The van der Waals surface area contributed by atoms with Gasteiger partial charge in [-0.1, -0.05) is 58.4 Å². The predicted molar refractivity (Wildman–Crippen MR) is 114 cm³/mol. The SMILES string of the molecule is CCCCc1ccc(NC(=O)CCCOc2ccc(C(C)(C)C)cc2)cc1. The highest BCUT2D eigenvalue weighted by Gasteiger charge is 2.13. The zero-order valence-electron chi connectivity index (χ0n) is 17.2. The first-order valence-corrected chi connectivity index (χ1v) is 10.0. The van der Waals surface area contributed by atoms with Gasteiger partial charge in [0, 0.05) is 12.1 Å². The van der Waals surface area contributed by atoms with Crippen LogP contribution in [0.4, 0.5) is 5.69 Å². The van der Waals surface area contributed by atoms with Gasteiger partial charge in [0.15, 0.2) is 0 Å². The van der Waals surface area contributed by atoms with E-state index in [0.717, 1.165) is 17.9 Å². The second-order valence-corrected chi connectivity index (χ2v) is 8.08. The molecule has 1 amide bonds. The second-order valence-electron chi connectivity index (χ2n) is 8.08. The van der Waals surface area contributed by atoms with Crippen molar-refractivity contribution in [3.63, 3.8) is 0 Å². The molecule has 0 bridgehead atoms. The predicted octanol–water partition coefficient (Wildman–Crippen LogP) is 6.12. The molecule has 3 nitrogen and oxygen atoms in total. The molecule has 0 saturated heterocycles. The Balaban J connectivity index is 1.68. The highest BCUT2D eigenvalue weighted by Crippen LogP contribution is 2.24. The lowest BCUT2D eigenvalue weighted by Crippen LogP contribution is -2.13. The van der Waals surface area contributed by atoms with E-state index in [9.17, 15) is 4.79 Å². The van der Waals surface area contributed by atoms with Crippen LogP contribution in [0.5, 0.6) is 5.75 Å². The number of benzene rings is 2. The largest absolute Gasteiger partial charge is 0.494 e. The van der Waals surface area contributed by atoms with Gasteiger partial charge in [0.05, 0.1) is 6.61 Å². The minimum absolute atomic E-state index is 0.0305. The summed E-state index contributed by atoms with van der Waals surface area (Å²) in [4.78, 5) is 12.1. The van der Waals surface area contributed by atoms with Crippen molar-refractivity contribution < 1.29 is 9.53 Å². The van der Waals surface area contributed by atoms with Gasteiger partial charge in [0.25, 0.3) is 0 Å². The number of rotatable bonds is 9. The van der Waals surface area contributed by atoms with E-state index in [1.165, 1.54) is 24.0 Å². The van der Waals surface area contributed by atoms with Crippen molar-refractivity contribution in [2.45, 2.75) is 65.2 Å². The quantitative estimate of drug-likeness (QED) is 0.542. The molecule has 0 atom stereocenters. The minimum atomic E-state index is 0.0305. The zero-order valence-corrected chi connectivity index (χ0v) is 17.2. The molecule has 0 radical (unpaired) electrons. The fourth-order valence-electron chi connectivity index (χ4n) is 2.83. The Kier molecular flexibility index (Phi) is 7.90. The molecule has 0 aliphatic rings. The number of ether oxygens (including phenoxy) is 1. The Bertz CT molecular complexity index is 697. The van der Waals surface area contributed by atoms with Gasteiger partial charge in [-0.2, -0.15) is 0 Å². The van der Waals surface area contributed by atoms with Gasteiger partial charge in [0.2, 0.25) is 5.91 Å². The van der Waals surface area contributed by atoms with Gasteiger partial charge in [-0.05, 0) is 60.1 Å². The van der Waals surface area contributed by atoms with Crippen molar-refractivity contribution in [3.05, 3.63) is 59.7 Å². The van der Waals surface area contributed by atoms with Gasteiger partial charge in [-0.3, -0.25) is 4.79 Å². The molecule has 27 heavy (non-hydrogen) atoms. The molecule has 0 aliphatic heterocycles. The number of hydrogen-bond acceptors (Lipinski definition) is 2. The highest BCUT2D eigenvalue weighted by atomic mass is 16.5. The van der Waals surface area contributed by atoms with Crippen molar-refractivity contribution in [1.29, 1.82) is 0 Å². The number of carbonyl (C=O) groups excluding carboxylic acids is 1. The van der Waals surface area contributed by atoms with E-state index in [-0.39, 0.29) is 11.3 Å². The number of hydrogen-bond donors (Lipinski definition) is 1. The highest BCUT2D eigenvalue weighted by molar-refractivity contribution is 5.90. The van der Waals surface area contributed by atoms with Crippen molar-refractivity contribution in [2.24, 2.45) is 0 Å². The fourth-order valence-corrected chi connectivity index (χ4v) is 2.83. The molecule has 2 aromatic carbocycles. The third kappa shape index (κ3) is 7.46. The maximum absolute atomic E-state index is 12.1. The average molecular weight is 368 g/mol. The molecular weight excluding hydrogens is 334 g/mol. The Morgan fingerprint density at radius 1 is 0.963 bits per heavy atom. The number of anilines is 1. The fraction of sp³-hybridized carbons (Fsp3) is 0.458. The van der Waals surface area contributed by atoms with E-state index < -0.39 is 0 Å². The molecule has 0 fully saturated rings. The Morgan fingerprint density at radius 3 is 2.22 bits per heavy atom. The van der Waals surface area contributed by atoms with Crippen molar-refractivity contribution in [1.82, 2.24) is 0 Å². The summed E-state index contributed by atoms with van der Waals surface area (Å²) in [6, 6.07) is 16.4. The first-order valence-electron chi connectivity index (χ1n) is 10.0. The summed E-state index contributed by atoms with van der Waals surface area (Å²) in [6.07, 6.45) is 4.64. The van der Waals surface area contributed by atoms with Crippen molar-refractivity contribution in [2.75, 3.05) is 11.9 Å². The van der Waals surface area contributed by atoms with E-state index in [2.05, 4.69) is 57.3 Å². The van der Waals surface area contributed by atoms with Crippen LogP contribution in [0.15, 0.2) is 48.5 Å². The molecule has 0 spiro atoms. The number of amides is 1. The molecule has 3 heteroatoms. The Morgan fingerprint density at radius 2 is 1.63 bits per heavy atom. The molecule has 0 aromatic heterocycles. The smallest absolute Gasteiger partial charge is 0.224 e. The molecule has 0 aliphatic carbocycles. The normalized spacial score (nSPS) is 11.3. The van der Waals surface area contributed by atoms with Crippen LogP contribution in [0.25, 0.3) is 0 Å². The van der Waals surface area contributed by atoms with E-state index in [4.69, 9.17) is 4.74 Å². The molecule has 0 heterocycles. The summed E-state index contributed by atoms with van der Waals surface area (Å²) in [5.41, 5.74) is 3.61. The number of unbranched alkanes of at least 4 members (excludes halogenated alkanes) is 1. The van der Waals surface area contributed by atoms with E-state index in [0.29, 0.717) is 19.4 Å². The van der Waals surface area contributed by atoms with Gasteiger partial charge in [0.1, 0.15) is 5.75 Å². The second kappa shape index (κ2) is 10.1. The minimum Gasteiger partial charge on any atom is -0.494 e. The summed E-state index contributed by atoms with van der Waals surface area (Å²) in [5, 5.41) is 2.95. The Hall–Kier alpha value is -2.29. The van der Waals surface area contributed by atoms with Gasteiger partial charge in [-0.25, -0.2) is 0 Å². The van der Waals surface area contributed by atoms with Crippen LogP contribution in [-0.2, 0) is 16.6 Å². The monoisotopic (exact) mass is 367 g/mol. The summed E-state index contributed by atoms with van der Waals surface area (Å²) in [6.45, 7) is 9.32. The topological polar surface area (TPSA) is 38.3 Å². The van der Waals surface area contributed by atoms with Crippen LogP contribution in [0.3, 0.4) is 0 Å². The first-order chi connectivity index (χ1) is 12.9.